The summed E-state index contributed by atoms with van der Waals surface area (Å²) in [7, 11) is 2.05. The van der Waals surface area contributed by atoms with Gasteiger partial charge in [-0.2, -0.15) is 5.10 Å². The van der Waals surface area contributed by atoms with Crippen LogP contribution >= 0.6 is 0 Å². The van der Waals surface area contributed by atoms with Gasteiger partial charge in [0.05, 0.1) is 0 Å². The first-order valence-corrected chi connectivity index (χ1v) is 10.8. The highest BCUT2D eigenvalue weighted by Gasteiger charge is 2.19. The van der Waals surface area contributed by atoms with E-state index in [0.717, 1.165) is 50.6 Å². The maximum atomic E-state index is 12.4. The molecule has 2 fully saturated rings. The molecule has 0 aliphatic carbocycles. The van der Waals surface area contributed by atoms with Crippen LogP contribution < -0.4 is 15.5 Å². The molecule has 3 amide bonds. The number of pyridine rings is 1. The molecule has 2 aromatic rings. The minimum absolute atomic E-state index is 0.0390. The lowest BCUT2D eigenvalue weighted by Crippen LogP contribution is -2.48. The maximum absolute atomic E-state index is 12.4. The topological polar surface area (TPSA) is 98.6 Å². The van der Waals surface area contributed by atoms with Crippen molar-refractivity contribution in [3.8, 4) is 0 Å². The number of anilines is 2. The summed E-state index contributed by atoms with van der Waals surface area (Å²) in [5, 5.41) is 9.79. The van der Waals surface area contributed by atoms with E-state index in [4.69, 9.17) is 0 Å². The van der Waals surface area contributed by atoms with Crippen LogP contribution in [0.2, 0.25) is 0 Å². The van der Waals surface area contributed by atoms with Crippen LogP contribution in [0.15, 0.2) is 30.6 Å². The average Bonchev–Trinajstić information content (AvgIpc) is 3.46. The first kappa shape index (κ1) is 21.1. The number of hydrogen-bond acceptors (Lipinski definition) is 6. The Kier molecular flexibility index (Phi) is 6.66. The van der Waals surface area contributed by atoms with E-state index in [9.17, 15) is 9.59 Å². The Balaban J connectivity index is 1.21. The van der Waals surface area contributed by atoms with Gasteiger partial charge in [-0.15, -0.1) is 0 Å². The summed E-state index contributed by atoms with van der Waals surface area (Å²) in [4.78, 5) is 35.4. The highest BCUT2D eigenvalue weighted by atomic mass is 16.2. The van der Waals surface area contributed by atoms with Crippen LogP contribution in [0.5, 0.6) is 0 Å². The molecule has 0 spiro atoms. The standard InChI is InChI=1S/C21H30N8O2/c1-26-10-12-28(13-11-26)20(30)16-29-9-6-18(25-29)24-21(31)23-15-17-4-5-19(22-14-17)27-7-2-3-8-27/h4-6,9,14H,2-3,7-8,10-13,15-16H2,1H3,(H2,23,24,25,31). The first-order chi connectivity index (χ1) is 15.1. The molecule has 0 unspecified atom stereocenters. The van der Waals surface area contributed by atoms with Gasteiger partial charge < -0.3 is 20.0 Å². The minimum atomic E-state index is -0.348. The Morgan fingerprint density at radius 1 is 1.03 bits per heavy atom. The van der Waals surface area contributed by atoms with Crippen molar-refractivity contribution in [1.29, 1.82) is 0 Å². The summed E-state index contributed by atoms with van der Waals surface area (Å²) in [6.07, 6.45) is 5.92. The van der Waals surface area contributed by atoms with E-state index >= 15 is 0 Å². The SMILES string of the molecule is CN1CCN(C(=O)Cn2ccc(NC(=O)NCc3ccc(N4CCCC4)nc3)n2)CC1. The van der Waals surface area contributed by atoms with E-state index in [0.29, 0.717) is 12.4 Å². The molecule has 0 radical (unpaired) electrons. The Morgan fingerprint density at radius 2 is 1.81 bits per heavy atom. The number of nitrogens with zero attached hydrogens (tertiary/aromatic N) is 6. The Morgan fingerprint density at radius 3 is 2.52 bits per heavy atom. The maximum Gasteiger partial charge on any atom is 0.320 e. The molecule has 4 rings (SSSR count). The molecule has 2 N–H and O–H groups in total. The molecule has 0 aromatic carbocycles. The van der Waals surface area contributed by atoms with Crippen LogP contribution in [-0.2, 0) is 17.9 Å². The van der Waals surface area contributed by atoms with Crippen molar-refractivity contribution < 1.29 is 9.59 Å². The highest BCUT2D eigenvalue weighted by molar-refractivity contribution is 5.88. The summed E-state index contributed by atoms with van der Waals surface area (Å²) in [6, 6.07) is 5.32. The van der Waals surface area contributed by atoms with E-state index < -0.39 is 0 Å². The van der Waals surface area contributed by atoms with Gasteiger partial charge in [0.25, 0.3) is 0 Å². The third-order valence-electron chi connectivity index (χ3n) is 5.73. The molecule has 2 aliphatic rings. The van der Waals surface area contributed by atoms with Crippen LogP contribution in [0.3, 0.4) is 0 Å². The number of hydrogen-bond donors (Lipinski definition) is 2. The van der Waals surface area contributed by atoms with Crippen LogP contribution in [0.4, 0.5) is 16.4 Å². The van der Waals surface area contributed by atoms with Crippen LogP contribution in [0, 0.1) is 0 Å². The number of amides is 3. The van der Waals surface area contributed by atoms with Gasteiger partial charge in [0, 0.05) is 64.3 Å². The van der Waals surface area contributed by atoms with Crippen LogP contribution in [0.1, 0.15) is 18.4 Å². The number of aromatic nitrogens is 3. The first-order valence-electron chi connectivity index (χ1n) is 10.8. The molecule has 0 atom stereocenters. The van der Waals surface area contributed by atoms with Gasteiger partial charge in [-0.05, 0) is 31.5 Å². The number of rotatable bonds is 6. The monoisotopic (exact) mass is 426 g/mol. The lowest BCUT2D eigenvalue weighted by molar-refractivity contribution is -0.133. The van der Waals surface area contributed by atoms with Gasteiger partial charge in [-0.1, -0.05) is 6.07 Å². The quantitative estimate of drug-likeness (QED) is 0.714. The molecule has 2 aromatic heterocycles. The molecule has 31 heavy (non-hydrogen) atoms. The molecule has 2 saturated heterocycles. The van der Waals surface area contributed by atoms with E-state index in [-0.39, 0.29) is 18.5 Å². The lowest BCUT2D eigenvalue weighted by Gasteiger charge is -2.32. The fraction of sp³-hybridized carbons (Fsp3) is 0.524. The van der Waals surface area contributed by atoms with Gasteiger partial charge >= 0.3 is 6.03 Å². The summed E-state index contributed by atoms with van der Waals surface area (Å²) >= 11 is 0. The third-order valence-corrected chi connectivity index (χ3v) is 5.73. The van der Waals surface area contributed by atoms with Crippen molar-refractivity contribution >= 4 is 23.6 Å². The van der Waals surface area contributed by atoms with Crippen molar-refractivity contribution in [2.24, 2.45) is 0 Å². The molecule has 10 nitrogen and oxygen atoms in total. The molecular formula is C21H30N8O2. The highest BCUT2D eigenvalue weighted by Crippen LogP contribution is 2.17. The summed E-state index contributed by atoms with van der Waals surface area (Å²) in [5.41, 5.74) is 0.932. The second-order valence-corrected chi connectivity index (χ2v) is 8.11. The summed E-state index contributed by atoms with van der Waals surface area (Å²) < 4.78 is 1.55. The zero-order valence-corrected chi connectivity index (χ0v) is 18.0. The smallest absolute Gasteiger partial charge is 0.320 e. The fourth-order valence-electron chi connectivity index (χ4n) is 3.81. The summed E-state index contributed by atoms with van der Waals surface area (Å²) in [5.74, 6) is 1.44. The van der Waals surface area contributed by atoms with Gasteiger partial charge in [-0.25, -0.2) is 9.78 Å². The van der Waals surface area contributed by atoms with Crippen molar-refractivity contribution in [2.75, 3.05) is 56.5 Å². The number of likely N-dealkylation sites (N-methyl/N-ethyl adjacent to an activating group) is 1. The average molecular weight is 427 g/mol. The molecule has 166 valence electrons. The molecule has 4 heterocycles. The van der Waals surface area contributed by atoms with E-state index in [2.05, 4.69) is 37.6 Å². The Bertz CT molecular complexity index is 883. The fourth-order valence-corrected chi connectivity index (χ4v) is 3.81. The van der Waals surface area contributed by atoms with Gasteiger partial charge in [-0.3, -0.25) is 14.8 Å². The number of piperazine rings is 1. The van der Waals surface area contributed by atoms with Gasteiger partial charge in [0.15, 0.2) is 5.82 Å². The van der Waals surface area contributed by atoms with E-state index in [1.54, 1.807) is 23.1 Å². The predicted octanol–water partition coefficient (Wildman–Crippen LogP) is 0.974. The van der Waals surface area contributed by atoms with E-state index in [1.165, 1.54) is 12.8 Å². The minimum Gasteiger partial charge on any atom is -0.357 e. The number of nitrogens with one attached hydrogen (secondary N) is 2. The number of urea groups is 1. The van der Waals surface area contributed by atoms with Crippen molar-refractivity contribution in [3.63, 3.8) is 0 Å². The van der Waals surface area contributed by atoms with Crippen molar-refractivity contribution in [2.45, 2.75) is 25.9 Å². The molecule has 2 aliphatic heterocycles. The van der Waals surface area contributed by atoms with E-state index in [1.807, 2.05) is 17.0 Å². The predicted molar refractivity (Wildman–Crippen MR) is 118 cm³/mol. The largest absolute Gasteiger partial charge is 0.357 e. The van der Waals surface area contributed by atoms with Crippen molar-refractivity contribution in [3.05, 3.63) is 36.2 Å². The number of carbonyl (C=O) groups excluding carboxylic acids is 2. The third kappa shape index (κ3) is 5.72. The van der Waals surface area contributed by atoms with Crippen molar-refractivity contribution in [1.82, 2.24) is 29.9 Å². The zero-order chi connectivity index (χ0) is 21.6. The second-order valence-electron chi connectivity index (χ2n) is 8.11. The Hall–Kier alpha value is -3.14. The van der Waals surface area contributed by atoms with Crippen LogP contribution in [-0.4, -0.2) is 82.8 Å². The molecule has 0 bridgehead atoms. The van der Waals surface area contributed by atoms with Gasteiger partial charge in [0.1, 0.15) is 12.4 Å². The normalized spacial score (nSPS) is 17.1. The lowest BCUT2D eigenvalue weighted by atomic mass is 10.3. The zero-order valence-electron chi connectivity index (χ0n) is 18.0. The van der Waals surface area contributed by atoms with Crippen LogP contribution in [0.25, 0.3) is 0 Å². The Labute approximate surface area is 182 Å². The second kappa shape index (κ2) is 9.78. The molecular weight excluding hydrogens is 396 g/mol. The summed E-state index contributed by atoms with van der Waals surface area (Å²) in [6.45, 7) is 5.89. The van der Waals surface area contributed by atoms with Gasteiger partial charge in [0.2, 0.25) is 5.91 Å². The number of carbonyl (C=O) groups is 2. The molecule has 0 saturated carbocycles. The molecule has 10 heteroatoms.